The predicted octanol–water partition coefficient (Wildman–Crippen LogP) is 3.39. The smallest absolute Gasteiger partial charge is 0.264 e. The first-order valence-electron chi connectivity index (χ1n) is 8.75. The largest absolute Gasteiger partial charge is 0.387 e. The molecule has 0 saturated carbocycles. The van der Waals surface area contributed by atoms with E-state index in [-0.39, 0.29) is 24.3 Å². The number of alkyl halides is 2. The van der Waals surface area contributed by atoms with E-state index in [4.69, 9.17) is 5.26 Å². The molecule has 1 atom stereocenters. The summed E-state index contributed by atoms with van der Waals surface area (Å²) in [6, 6.07) is 8.00. The van der Waals surface area contributed by atoms with E-state index in [1.54, 1.807) is 25.3 Å². The van der Waals surface area contributed by atoms with Gasteiger partial charge < -0.3 is 10.4 Å². The molecule has 3 aromatic rings. The zero-order valence-electron chi connectivity index (χ0n) is 15.8. The van der Waals surface area contributed by atoms with Crippen molar-refractivity contribution in [3.63, 3.8) is 0 Å². The zero-order chi connectivity index (χ0) is 21.0. The van der Waals surface area contributed by atoms with Crippen LogP contribution in [0.3, 0.4) is 0 Å². The van der Waals surface area contributed by atoms with Gasteiger partial charge in [-0.15, -0.1) is 5.10 Å². The van der Waals surface area contributed by atoms with Crippen LogP contribution in [0.15, 0.2) is 36.7 Å². The fraction of sp³-hybridized carbons (Fsp3) is 0.316. The predicted molar refractivity (Wildman–Crippen MR) is 101 cm³/mol. The van der Waals surface area contributed by atoms with Crippen molar-refractivity contribution < 1.29 is 13.9 Å². The molecule has 3 heterocycles. The lowest BCUT2D eigenvalue weighted by Gasteiger charge is -2.18. The van der Waals surface area contributed by atoms with Crippen LogP contribution < -0.4 is 5.32 Å². The van der Waals surface area contributed by atoms with Crippen molar-refractivity contribution in [1.29, 1.82) is 5.26 Å². The Morgan fingerprint density at radius 3 is 2.79 bits per heavy atom. The number of nitrogens with zero attached hydrogens (tertiary/aromatic N) is 6. The Balaban J connectivity index is 1.83. The van der Waals surface area contributed by atoms with Crippen molar-refractivity contribution in [3.8, 4) is 17.5 Å². The van der Waals surface area contributed by atoms with E-state index >= 15 is 0 Å². The van der Waals surface area contributed by atoms with Crippen molar-refractivity contribution in [2.75, 3.05) is 5.32 Å². The highest BCUT2D eigenvalue weighted by molar-refractivity contribution is 5.61. The first kappa shape index (κ1) is 20.3. The first-order valence-corrected chi connectivity index (χ1v) is 8.75. The highest BCUT2D eigenvalue weighted by Crippen LogP contribution is 2.24. The van der Waals surface area contributed by atoms with Crippen LogP contribution in [0.1, 0.15) is 30.9 Å². The molecule has 0 aromatic carbocycles. The molecule has 0 bridgehead atoms. The van der Waals surface area contributed by atoms with E-state index in [1.807, 2.05) is 13.0 Å². The molecule has 0 aliphatic carbocycles. The minimum absolute atomic E-state index is 0.0381. The van der Waals surface area contributed by atoms with Crippen molar-refractivity contribution in [1.82, 2.24) is 25.0 Å². The number of nitriles is 1. The summed E-state index contributed by atoms with van der Waals surface area (Å²) in [7, 11) is 0. The molecule has 0 saturated heterocycles. The van der Waals surface area contributed by atoms with Gasteiger partial charge in [0.2, 0.25) is 0 Å². The maximum Gasteiger partial charge on any atom is 0.264 e. The second kappa shape index (κ2) is 8.28. The topological polar surface area (TPSA) is 113 Å². The normalized spacial score (nSPS) is 13.1. The van der Waals surface area contributed by atoms with Crippen LogP contribution >= 0.6 is 0 Å². The number of anilines is 2. The lowest BCUT2D eigenvalue weighted by molar-refractivity contribution is 0.0424. The van der Waals surface area contributed by atoms with Crippen LogP contribution in [0.5, 0.6) is 0 Å². The van der Waals surface area contributed by atoms with E-state index in [1.165, 1.54) is 23.0 Å². The number of rotatable bonds is 7. The Kier molecular flexibility index (Phi) is 5.79. The van der Waals surface area contributed by atoms with Gasteiger partial charge in [0.15, 0.2) is 0 Å². The molecule has 0 aliphatic heterocycles. The fourth-order valence-electron chi connectivity index (χ4n) is 2.71. The SMILES string of the molecule is Cc1cc(Nc2cc(C(F)F)ccn2)nc(-c2cn(CC(C)(O)CC#N)nn2)c1. The highest BCUT2D eigenvalue weighted by atomic mass is 19.3. The van der Waals surface area contributed by atoms with E-state index < -0.39 is 12.0 Å². The minimum atomic E-state index is -2.59. The van der Waals surface area contributed by atoms with Crippen LogP contribution in [-0.2, 0) is 6.54 Å². The average molecular weight is 399 g/mol. The lowest BCUT2D eigenvalue weighted by atomic mass is 10.0. The van der Waals surface area contributed by atoms with Gasteiger partial charge in [-0.2, -0.15) is 5.26 Å². The standard InChI is InChI=1S/C19H19F2N7O/c1-12-7-14(15-10-28(27-26-15)11-19(2,29)4-5-22)24-17(8-12)25-16-9-13(18(20)21)3-6-23-16/h3,6-10,18,29H,4,11H2,1-2H3,(H,23,24,25). The summed E-state index contributed by atoms with van der Waals surface area (Å²) in [5.41, 5.74) is 0.493. The highest BCUT2D eigenvalue weighted by Gasteiger charge is 2.22. The number of nitrogens with one attached hydrogen (secondary N) is 1. The van der Waals surface area contributed by atoms with Gasteiger partial charge in [-0.3, -0.25) is 0 Å². The van der Waals surface area contributed by atoms with E-state index in [2.05, 4.69) is 25.6 Å². The van der Waals surface area contributed by atoms with Crippen molar-refractivity contribution >= 4 is 11.6 Å². The first-order chi connectivity index (χ1) is 13.8. The number of halogens is 2. The Morgan fingerprint density at radius 1 is 1.28 bits per heavy atom. The maximum atomic E-state index is 12.9. The second-order valence-corrected chi connectivity index (χ2v) is 6.95. The number of aromatic nitrogens is 5. The number of hydrogen-bond donors (Lipinski definition) is 2. The summed E-state index contributed by atoms with van der Waals surface area (Å²) in [5, 5.41) is 29.9. The summed E-state index contributed by atoms with van der Waals surface area (Å²) >= 11 is 0. The van der Waals surface area contributed by atoms with Gasteiger partial charge in [0.25, 0.3) is 6.43 Å². The van der Waals surface area contributed by atoms with Crippen LogP contribution in [-0.4, -0.2) is 35.7 Å². The van der Waals surface area contributed by atoms with Gasteiger partial charge in [0, 0.05) is 11.8 Å². The molecule has 1 unspecified atom stereocenters. The number of aryl methyl sites for hydroxylation is 1. The minimum Gasteiger partial charge on any atom is -0.387 e. The summed E-state index contributed by atoms with van der Waals surface area (Å²) in [6.45, 7) is 3.52. The van der Waals surface area contributed by atoms with Crippen molar-refractivity contribution in [2.45, 2.75) is 38.8 Å². The van der Waals surface area contributed by atoms with Gasteiger partial charge >= 0.3 is 0 Å². The summed E-state index contributed by atoms with van der Waals surface area (Å²) in [5.74, 6) is 0.674. The van der Waals surface area contributed by atoms with Crippen molar-refractivity contribution in [2.24, 2.45) is 0 Å². The zero-order valence-corrected chi connectivity index (χ0v) is 15.8. The Morgan fingerprint density at radius 2 is 2.07 bits per heavy atom. The Bertz CT molecular complexity index is 1040. The molecule has 2 N–H and O–H groups in total. The summed E-state index contributed by atoms with van der Waals surface area (Å²) < 4.78 is 27.2. The third kappa shape index (κ3) is 5.30. The van der Waals surface area contributed by atoms with E-state index in [0.717, 1.165) is 5.56 Å². The van der Waals surface area contributed by atoms with Gasteiger partial charge in [0.05, 0.1) is 36.5 Å². The van der Waals surface area contributed by atoms with Gasteiger partial charge in [0.1, 0.15) is 17.3 Å². The second-order valence-electron chi connectivity index (χ2n) is 6.95. The van der Waals surface area contributed by atoms with Gasteiger partial charge in [-0.25, -0.2) is 23.4 Å². The third-order valence-corrected chi connectivity index (χ3v) is 4.03. The Hall–Kier alpha value is -3.45. The molecule has 3 rings (SSSR count). The van der Waals surface area contributed by atoms with Gasteiger partial charge in [-0.1, -0.05) is 5.21 Å². The van der Waals surface area contributed by atoms with Crippen LogP contribution in [0.4, 0.5) is 20.4 Å². The Labute approximate surface area is 165 Å². The lowest BCUT2D eigenvalue weighted by Crippen LogP contribution is -2.30. The molecular weight excluding hydrogens is 380 g/mol. The molecule has 8 nitrogen and oxygen atoms in total. The van der Waals surface area contributed by atoms with Gasteiger partial charge in [-0.05, 0) is 43.7 Å². The molecule has 0 amide bonds. The maximum absolute atomic E-state index is 12.9. The number of hydrogen-bond acceptors (Lipinski definition) is 7. The molecule has 0 spiro atoms. The molecule has 10 heteroatoms. The summed E-state index contributed by atoms with van der Waals surface area (Å²) in [4.78, 5) is 8.49. The fourth-order valence-corrected chi connectivity index (χ4v) is 2.71. The molecule has 0 fully saturated rings. The number of aliphatic hydroxyl groups is 1. The molecule has 0 radical (unpaired) electrons. The van der Waals surface area contributed by atoms with Crippen molar-refractivity contribution in [3.05, 3.63) is 47.8 Å². The van der Waals surface area contributed by atoms with Crippen LogP contribution in [0.25, 0.3) is 11.4 Å². The molecule has 29 heavy (non-hydrogen) atoms. The van der Waals surface area contributed by atoms with E-state index in [0.29, 0.717) is 17.2 Å². The van der Waals surface area contributed by atoms with E-state index in [9.17, 15) is 13.9 Å². The quantitative estimate of drug-likeness (QED) is 0.626. The van der Waals surface area contributed by atoms with Crippen LogP contribution in [0.2, 0.25) is 0 Å². The molecule has 150 valence electrons. The van der Waals surface area contributed by atoms with Crippen LogP contribution in [0, 0.1) is 18.3 Å². The molecule has 0 aliphatic rings. The molecular formula is C19H19F2N7O. The average Bonchev–Trinajstić information content (AvgIpc) is 3.09. The molecule has 3 aromatic heterocycles. The number of pyridine rings is 2. The third-order valence-electron chi connectivity index (χ3n) is 4.03. The monoisotopic (exact) mass is 399 g/mol. The summed E-state index contributed by atoms with van der Waals surface area (Å²) in [6.07, 6.45) is 0.295.